The fourth-order valence-electron chi connectivity index (χ4n) is 1.18. The molecule has 0 aliphatic rings. The molecule has 0 aromatic heterocycles. The fraction of sp³-hybridized carbons (Fsp3) is 0.167. The topological polar surface area (TPSA) is 55.4 Å². The number of carbonyl (C=O) groups excluding carboxylic acids is 2. The zero-order valence-corrected chi connectivity index (χ0v) is 10.1. The number of hydrogen-bond acceptors (Lipinski definition) is 3. The van der Waals surface area contributed by atoms with Crippen molar-refractivity contribution < 1.29 is 14.3 Å². The first-order chi connectivity index (χ1) is 8.10. The number of nitrogens with one attached hydrogen (secondary N) is 1. The van der Waals surface area contributed by atoms with Crippen LogP contribution in [0.15, 0.2) is 30.9 Å². The third-order valence-electron chi connectivity index (χ3n) is 2.03. The number of halogens is 1. The van der Waals surface area contributed by atoms with E-state index in [0.29, 0.717) is 5.75 Å². The Labute approximate surface area is 104 Å². The van der Waals surface area contributed by atoms with Crippen LogP contribution in [-0.2, 0) is 4.79 Å². The van der Waals surface area contributed by atoms with Gasteiger partial charge in [0.05, 0.1) is 12.1 Å². The molecule has 1 N–H and O–H groups in total. The van der Waals surface area contributed by atoms with Gasteiger partial charge < -0.3 is 10.1 Å². The monoisotopic (exact) mass is 253 g/mol. The first kappa shape index (κ1) is 13.3. The third kappa shape index (κ3) is 3.32. The Balaban J connectivity index is 2.86. The zero-order chi connectivity index (χ0) is 12.8. The average Bonchev–Trinajstić information content (AvgIpc) is 2.34. The largest absolute Gasteiger partial charge is 0.495 e. The van der Waals surface area contributed by atoms with Crippen molar-refractivity contribution in [1.82, 2.24) is 5.32 Å². The summed E-state index contributed by atoms with van der Waals surface area (Å²) in [5.74, 6) is -0.878. The van der Waals surface area contributed by atoms with Crippen LogP contribution in [0.1, 0.15) is 10.4 Å². The summed E-state index contributed by atoms with van der Waals surface area (Å²) >= 11 is 5.86. The second-order valence-electron chi connectivity index (χ2n) is 3.18. The van der Waals surface area contributed by atoms with Crippen LogP contribution in [0.5, 0.6) is 5.75 Å². The van der Waals surface area contributed by atoms with Crippen molar-refractivity contribution in [1.29, 1.82) is 0 Å². The van der Waals surface area contributed by atoms with Crippen LogP contribution in [0, 0.1) is 0 Å². The molecule has 1 rings (SSSR count). The van der Waals surface area contributed by atoms with Crippen LogP contribution >= 0.6 is 11.6 Å². The van der Waals surface area contributed by atoms with Gasteiger partial charge in [-0.05, 0) is 18.2 Å². The third-order valence-corrected chi connectivity index (χ3v) is 2.32. The summed E-state index contributed by atoms with van der Waals surface area (Å²) in [5, 5.41) is 2.68. The highest BCUT2D eigenvalue weighted by atomic mass is 35.5. The molecule has 0 fully saturated rings. The Morgan fingerprint density at radius 2 is 2.24 bits per heavy atom. The van der Waals surface area contributed by atoms with Crippen molar-refractivity contribution in [3.05, 3.63) is 41.4 Å². The number of hydrogen-bond donors (Lipinski definition) is 1. The summed E-state index contributed by atoms with van der Waals surface area (Å²) < 4.78 is 4.95. The Morgan fingerprint density at radius 3 is 2.76 bits per heavy atom. The molecule has 0 aliphatic heterocycles. The van der Waals surface area contributed by atoms with E-state index in [1.54, 1.807) is 0 Å². The summed E-state index contributed by atoms with van der Waals surface area (Å²) in [7, 11) is 1.47. The molecule has 1 aromatic carbocycles. The van der Waals surface area contributed by atoms with Crippen molar-refractivity contribution in [2.45, 2.75) is 0 Å². The average molecular weight is 254 g/mol. The predicted molar refractivity (Wildman–Crippen MR) is 65.5 cm³/mol. The van der Waals surface area contributed by atoms with Crippen LogP contribution < -0.4 is 10.1 Å². The number of ether oxygens (including phenoxy) is 1. The van der Waals surface area contributed by atoms with E-state index in [-0.39, 0.29) is 17.1 Å². The van der Waals surface area contributed by atoms with E-state index in [9.17, 15) is 9.59 Å². The maximum Gasteiger partial charge on any atom is 0.292 e. The van der Waals surface area contributed by atoms with E-state index < -0.39 is 11.7 Å². The van der Waals surface area contributed by atoms with Gasteiger partial charge in [0.25, 0.3) is 5.91 Å². The second kappa shape index (κ2) is 6.06. The Hall–Kier alpha value is -1.81. The molecule has 0 saturated heterocycles. The van der Waals surface area contributed by atoms with Gasteiger partial charge in [-0.1, -0.05) is 17.7 Å². The van der Waals surface area contributed by atoms with E-state index in [2.05, 4.69) is 11.9 Å². The van der Waals surface area contributed by atoms with Crippen LogP contribution in [0.4, 0.5) is 0 Å². The normalized spacial score (nSPS) is 9.53. The van der Waals surface area contributed by atoms with E-state index in [0.717, 1.165) is 0 Å². The smallest absolute Gasteiger partial charge is 0.292 e. The first-order valence-corrected chi connectivity index (χ1v) is 5.25. The quantitative estimate of drug-likeness (QED) is 0.495. The molecular formula is C12H12ClNO3. The number of carbonyl (C=O) groups is 2. The molecule has 1 aromatic rings. The molecule has 17 heavy (non-hydrogen) atoms. The molecule has 1 amide bonds. The number of Topliss-reactive ketones (excluding diaryl/α,β-unsaturated/α-hetero) is 1. The van der Waals surface area contributed by atoms with Crippen molar-refractivity contribution in [2.75, 3.05) is 13.7 Å². The van der Waals surface area contributed by atoms with Gasteiger partial charge in [-0.15, -0.1) is 6.58 Å². The number of amides is 1. The molecule has 0 heterocycles. The Bertz CT molecular complexity index is 457. The van der Waals surface area contributed by atoms with Gasteiger partial charge in [0.1, 0.15) is 5.75 Å². The van der Waals surface area contributed by atoms with Gasteiger partial charge in [-0.3, -0.25) is 9.59 Å². The summed E-state index contributed by atoms with van der Waals surface area (Å²) in [6.45, 7) is 3.68. The highest BCUT2D eigenvalue weighted by molar-refractivity contribution is 6.43. The maximum atomic E-state index is 11.7. The van der Waals surface area contributed by atoms with Crippen molar-refractivity contribution in [3.63, 3.8) is 0 Å². The van der Waals surface area contributed by atoms with Gasteiger partial charge in [0.15, 0.2) is 0 Å². The van der Waals surface area contributed by atoms with Gasteiger partial charge >= 0.3 is 0 Å². The number of benzene rings is 1. The minimum Gasteiger partial charge on any atom is -0.495 e. The first-order valence-electron chi connectivity index (χ1n) is 4.87. The fourth-order valence-corrected chi connectivity index (χ4v) is 1.44. The lowest BCUT2D eigenvalue weighted by Gasteiger charge is -2.05. The molecular weight excluding hydrogens is 242 g/mol. The van der Waals surface area contributed by atoms with Crippen LogP contribution in [-0.4, -0.2) is 25.3 Å². The van der Waals surface area contributed by atoms with Crippen molar-refractivity contribution in [2.24, 2.45) is 0 Å². The van der Waals surface area contributed by atoms with Gasteiger partial charge in [-0.2, -0.15) is 0 Å². The molecule has 0 saturated carbocycles. The molecule has 0 unspecified atom stereocenters. The van der Waals surface area contributed by atoms with E-state index in [1.807, 2.05) is 0 Å². The summed E-state index contributed by atoms with van der Waals surface area (Å²) in [6.07, 6.45) is 1.49. The predicted octanol–water partition coefficient (Wildman–Crippen LogP) is 1.83. The maximum absolute atomic E-state index is 11.7. The summed E-state index contributed by atoms with van der Waals surface area (Å²) in [5.41, 5.74) is 0.220. The van der Waals surface area contributed by atoms with Crippen LogP contribution in [0.25, 0.3) is 0 Å². The van der Waals surface area contributed by atoms with Crippen molar-refractivity contribution >= 4 is 23.3 Å². The number of methoxy groups -OCH3 is 1. The standard InChI is InChI=1S/C12H12ClNO3/c1-3-6-14-12(16)11(15)8-4-5-10(17-2)9(13)7-8/h3-5,7H,1,6H2,2H3,(H,14,16). The van der Waals surface area contributed by atoms with E-state index >= 15 is 0 Å². The molecule has 5 heteroatoms. The lowest BCUT2D eigenvalue weighted by atomic mass is 10.1. The van der Waals surface area contributed by atoms with Crippen LogP contribution in [0.3, 0.4) is 0 Å². The lowest BCUT2D eigenvalue weighted by Crippen LogP contribution is -2.31. The molecule has 90 valence electrons. The molecule has 0 bridgehead atoms. The van der Waals surface area contributed by atoms with Gasteiger partial charge in [0.2, 0.25) is 5.78 Å². The van der Waals surface area contributed by atoms with E-state index in [4.69, 9.17) is 16.3 Å². The van der Waals surface area contributed by atoms with E-state index in [1.165, 1.54) is 31.4 Å². The lowest BCUT2D eigenvalue weighted by molar-refractivity contribution is -0.116. The molecule has 0 atom stereocenters. The highest BCUT2D eigenvalue weighted by Gasteiger charge is 2.16. The summed E-state index contributed by atoms with van der Waals surface area (Å²) in [6, 6.07) is 4.42. The minimum absolute atomic E-state index is 0.220. The SMILES string of the molecule is C=CCNC(=O)C(=O)c1ccc(OC)c(Cl)c1. The molecule has 0 spiro atoms. The molecule has 0 aliphatic carbocycles. The number of ketones is 1. The second-order valence-corrected chi connectivity index (χ2v) is 3.58. The summed E-state index contributed by atoms with van der Waals surface area (Å²) in [4.78, 5) is 23.0. The molecule has 0 radical (unpaired) electrons. The highest BCUT2D eigenvalue weighted by Crippen LogP contribution is 2.24. The van der Waals surface area contributed by atoms with Crippen molar-refractivity contribution in [3.8, 4) is 5.75 Å². The zero-order valence-electron chi connectivity index (χ0n) is 9.33. The Kier molecular flexibility index (Phi) is 4.72. The number of rotatable bonds is 5. The minimum atomic E-state index is -0.689. The van der Waals surface area contributed by atoms with Gasteiger partial charge in [0, 0.05) is 12.1 Å². The Morgan fingerprint density at radius 1 is 1.53 bits per heavy atom. The van der Waals surface area contributed by atoms with Crippen LogP contribution in [0.2, 0.25) is 5.02 Å². The molecule has 4 nitrogen and oxygen atoms in total. The van der Waals surface area contributed by atoms with Gasteiger partial charge in [-0.25, -0.2) is 0 Å².